The standard InChI is InChI=1S/C21H24BNO3/c1-20(2)21(3,4)26-22(25-20)19-13-16-17(23-19)11-8-12-18(16)24-14-15-9-6-5-7-10-15/h5-13,23H,14H2,1-4H3. The minimum atomic E-state index is -0.408. The van der Waals surface area contributed by atoms with Gasteiger partial charge in [-0.2, -0.15) is 0 Å². The molecule has 1 aliphatic heterocycles. The van der Waals surface area contributed by atoms with Crippen LogP contribution < -0.4 is 10.3 Å². The summed E-state index contributed by atoms with van der Waals surface area (Å²) < 4.78 is 18.4. The van der Waals surface area contributed by atoms with E-state index in [1.807, 2.05) is 36.4 Å². The smallest absolute Gasteiger partial charge is 0.488 e. The van der Waals surface area contributed by atoms with Gasteiger partial charge in [0.1, 0.15) is 12.4 Å². The number of aromatic nitrogens is 1. The van der Waals surface area contributed by atoms with E-state index in [-0.39, 0.29) is 11.2 Å². The number of aromatic amines is 1. The maximum absolute atomic E-state index is 6.15. The van der Waals surface area contributed by atoms with E-state index in [4.69, 9.17) is 14.0 Å². The Hall–Kier alpha value is -2.24. The minimum absolute atomic E-state index is 0.360. The molecule has 26 heavy (non-hydrogen) atoms. The highest BCUT2D eigenvalue weighted by Crippen LogP contribution is 2.37. The molecule has 1 fully saturated rings. The normalized spacial score (nSPS) is 18.4. The van der Waals surface area contributed by atoms with Crippen molar-refractivity contribution in [1.29, 1.82) is 0 Å². The predicted molar refractivity (Wildman–Crippen MR) is 105 cm³/mol. The Balaban J connectivity index is 1.60. The van der Waals surface area contributed by atoms with E-state index in [0.29, 0.717) is 6.61 Å². The van der Waals surface area contributed by atoms with Gasteiger partial charge in [-0.05, 0) is 51.5 Å². The first-order valence-corrected chi connectivity index (χ1v) is 9.00. The largest absolute Gasteiger partial charge is 0.512 e. The number of fused-ring (bicyclic) bond motifs is 1. The van der Waals surface area contributed by atoms with Crippen LogP contribution in [-0.2, 0) is 15.9 Å². The Kier molecular flexibility index (Phi) is 4.09. The highest BCUT2D eigenvalue weighted by atomic mass is 16.7. The molecule has 1 saturated heterocycles. The number of hydrogen-bond donors (Lipinski definition) is 1. The lowest BCUT2D eigenvalue weighted by Crippen LogP contribution is -2.41. The summed E-state index contributed by atoms with van der Waals surface area (Å²) in [6, 6.07) is 18.3. The number of benzene rings is 2. The highest BCUT2D eigenvalue weighted by molar-refractivity contribution is 6.61. The van der Waals surface area contributed by atoms with Crippen LogP contribution in [0.4, 0.5) is 0 Å². The molecule has 0 aliphatic carbocycles. The minimum Gasteiger partial charge on any atom is -0.488 e. The van der Waals surface area contributed by atoms with Crippen molar-refractivity contribution in [3.63, 3.8) is 0 Å². The lowest BCUT2D eigenvalue weighted by atomic mass is 9.85. The Labute approximate surface area is 154 Å². The van der Waals surface area contributed by atoms with Gasteiger partial charge in [0.25, 0.3) is 0 Å². The summed E-state index contributed by atoms with van der Waals surface area (Å²) in [5.74, 6) is 0.852. The summed E-state index contributed by atoms with van der Waals surface area (Å²) in [6.45, 7) is 8.78. The third-order valence-electron chi connectivity index (χ3n) is 5.39. The van der Waals surface area contributed by atoms with Crippen LogP contribution >= 0.6 is 0 Å². The van der Waals surface area contributed by atoms with Crippen molar-refractivity contribution in [2.45, 2.75) is 45.5 Å². The molecule has 1 N–H and O–H groups in total. The molecule has 1 aliphatic rings. The van der Waals surface area contributed by atoms with Crippen LogP contribution in [0.1, 0.15) is 33.3 Å². The van der Waals surface area contributed by atoms with E-state index < -0.39 is 7.12 Å². The van der Waals surface area contributed by atoms with Gasteiger partial charge in [0, 0.05) is 16.5 Å². The molecule has 0 saturated carbocycles. The van der Waals surface area contributed by atoms with Crippen molar-refractivity contribution in [1.82, 2.24) is 4.98 Å². The zero-order valence-corrected chi connectivity index (χ0v) is 15.7. The quantitative estimate of drug-likeness (QED) is 0.723. The molecule has 0 spiro atoms. The van der Waals surface area contributed by atoms with Crippen molar-refractivity contribution in [2.75, 3.05) is 0 Å². The Morgan fingerprint density at radius 2 is 1.62 bits per heavy atom. The molecule has 0 bridgehead atoms. The third kappa shape index (κ3) is 3.02. The van der Waals surface area contributed by atoms with Crippen molar-refractivity contribution in [3.05, 3.63) is 60.2 Å². The number of hydrogen-bond acceptors (Lipinski definition) is 3. The molecule has 3 aromatic rings. The molecule has 0 atom stereocenters. The van der Waals surface area contributed by atoms with Gasteiger partial charge in [-0.3, -0.25) is 0 Å². The summed E-state index contributed by atoms with van der Waals surface area (Å²) in [4.78, 5) is 3.42. The molecule has 4 rings (SSSR count). The first kappa shape index (κ1) is 17.2. The Morgan fingerprint density at radius 1 is 0.923 bits per heavy atom. The van der Waals surface area contributed by atoms with Crippen LogP contribution in [0.25, 0.3) is 10.9 Å². The van der Waals surface area contributed by atoms with E-state index in [2.05, 4.69) is 50.9 Å². The summed E-state index contributed by atoms with van der Waals surface area (Å²) in [7, 11) is -0.408. The fourth-order valence-electron chi connectivity index (χ4n) is 3.11. The van der Waals surface area contributed by atoms with E-state index in [1.54, 1.807) is 0 Å². The third-order valence-corrected chi connectivity index (χ3v) is 5.39. The number of rotatable bonds is 4. The van der Waals surface area contributed by atoms with Crippen LogP contribution in [0.3, 0.4) is 0 Å². The summed E-state index contributed by atoms with van der Waals surface area (Å²) in [5, 5.41) is 1.04. The topological polar surface area (TPSA) is 43.5 Å². The summed E-state index contributed by atoms with van der Waals surface area (Å²) in [5.41, 5.74) is 2.35. The molecular weight excluding hydrogens is 325 g/mol. The zero-order chi connectivity index (χ0) is 18.4. The average molecular weight is 349 g/mol. The van der Waals surface area contributed by atoms with Crippen LogP contribution in [0.15, 0.2) is 54.6 Å². The second-order valence-corrected chi connectivity index (χ2v) is 7.80. The lowest BCUT2D eigenvalue weighted by molar-refractivity contribution is 0.00578. The van der Waals surface area contributed by atoms with Gasteiger partial charge in [-0.15, -0.1) is 0 Å². The molecule has 0 amide bonds. The van der Waals surface area contributed by atoms with Gasteiger partial charge in [0.15, 0.2) is 0 Å². The van der Waals surface area contributed by atoms with Gasteiger partial charge in [0.2, 0.25) is 0 Å². The molecule has 2 heterocycles. The Bertz CT molecular complexity index is 901. The summed E-state index contributed by atoms with van der Waals surface area (Å²) >= 11 is 0. The maximum atomic E-state index is 6.15. The van der Waals surface area contributed by atoms with Crippen LogP contribution in [-0.4, -0.2) is 23.3 Å². The Morgan fingerprint density at radius 3 is 2.31 bits per heavy atom. The van der Waals surface area contributed by atoms with Gasteiger partial charge in [-0.25, -0.2) is 0 Å². The average Bonchev–Trinajstić information content (AvgIpc) is 3.13. The van der Waals surface area contributed by atoms with Gasteiger partial charge in [-0.1, -0.05) is 36.4 Å². The molecule has 134 valence electrons. The molecule has 4 nitrogen and oxygen atoms in total. The first-order valence-electron chi connectivity index (χ1n) is 9.00. The number of nitrogens with one attached hydrogen (secondary N) is 1. The maximum Gasteiger partial charge on any atom is 0.512 e. The molecular formula is C21H24BNO3. The SMILES string of the molecule is CC1(C)OB(c2cc3c(OCc4ccccc4)cccc3[nH]2)OC1(C)C. The van der Waals surface area contributed by atoms with Crippen molar-refractivity contribution in [2.24, 2.45) is 0 Å². The number of ether oxygens (including phenoxy) is 1. The van der Waals surface area contributed by atoms with Gasteiger partial charge >= 0.3 is 7.12 Å². The summed E-state index contributed by atoms with van der Waals surface area (Å²) in [6.07, 6.45) is 0. The molecule has 1 aromatic heterocycles. The molecule has 2 aromatic carbocycles. The van der Waals surface area contributed by atoms with E-state index in [0.717, 1.165) is 27.8 Å². The van der Waals surface area contributed by atoms with Gasteiger partial charge in [0.05, 0.1) is 11.2 Å². The zero-order valence-electron chi connectivity index (χ0n) is 15.7. The van der Waals surface area contributed by atoms with E-state index in [1.165, 1.54) is 0 Å². The van der Waals surface area contributed by atoms with Crippen LogP contribution in [0, 0.1) is 0 Å². The monoisotopic (exact) mass is 349 g/mol. The fourth-order valence-corrected chi connectivity index (χ4v) is 3.11. The second-order valence-electron chi connectivity index (χ2n) is 7.80. The van der Waals surface area contributed by atoms with E-state index in [9.17, 15) is 0 Å². The number of H-pyrrole nitrogens is 1. The van der Waals surface area contributed by atoms with Crippen molar-refractivity contribution < 1.29 is 14.0 Å². The molecule has 0 radical (unpaired) electrons. The predicted octanol–water partition coefficient (Wildman–Crippen LogP) is 4.05. The van der Waals surface area contributed by atoms with Gasteiger partial charge < -0.3 is 19.0 Å². The second kappa shape index (κ2) is 6.18. The highest BCUT2D eigenvalue weighted by Gasteiger charge is 2.52. The first-order chi connectivity index (χ1) is 12.4. The van der Waals surface area contributed by atoms with E-state index >= 15 is 0 Å². The van der Waals surface area contributed by atoms with Crippen molar-refractivity contribution >= 4 is 23.6 Å². The fraction of sp³-hybridized carbons (Fsp3) is 0.333. The van der Waals surface area contributed by atoms with Crippen molar-refractivity contribution in [3.8, 4) is 5.75 Å². The molecule has 5 heteroatoms. The van der Waals surface area contributed by atoms with Crippen LogP contribution in [0.5, 0.6) is 5.75 Å². The molecule has 0 unspecified atom stereocenters. The van der Waals surface area contributed by atoms with Crippen LogP contribution in [0.2, 0.25) is 0 Å². The lowest BCUT2D eigenvalue weighted by Gasteiger charge is -2.32.